The normalized spacial score (nSPS) is 11.2. The van der Waals surface area contributed by atoms with Crippen LogP contribution in [0.25, 0.3) is 5.69 Å². The largest absolute Gasteiger partial charge is 0.744 e. The molecule has 3 aromatic rings. The third kappa shape index (κ3) is 3.63. The summed E-state index contributed by atoms with van der Waals surface area (Å²) in [4.78, 5) is 11.8. The number of hydrogen-bond acceptors (Lipinski definition) is 7. The van der Waals surface area contributed by atoms with Crippen LogP contribution in [0.15, 0.2) is 53.4 Å². The van der Waals surface area contributed by atoms with E-state index in [9.17, 15) is 17.8 Å². The fraction of sp³-hybridized carbons (Fsp3) is 0. The summed E-state index contributed by atoms with van der Waals surface area (Å²) in [6, 6.07) is 11.7. The van der Waals surface area contributed by atoms with Gasteiger partial charge in [0.05, 0.1) is 16.1 Å². The predicted octanol–water partition coefficient (Wildman–Crippen LogP) is 1.48. The van der Waals surface area contributed by atoms with Gasteiger partial charge in [-0.05, 0) is 42.5 Å². The number of anilines is 1. The Hall–Kier alpha value is -2.89. The van der Waals surface area contributed by atoms with E-state index >= 15 is 0 Å². The molecule has 3 rings (SSSR count). The van der Waals surface area contributed by atoms with Crippen LogP contribution >= 0.6 is 12.2 Å². The maximum atomic E-state index is 12.4. The van der Waals surface area contributed by atoms with Crippen LogP contribution in [0.2, 0.25) is 0 Å². The highest BCUT2D eigenvalue weighted by Gasteiger charge is 2.15. The number of carbonyl (C=O) groups is 1. The van der Waals surface area contributed by atoms with Crippen LogP contribution in [-0.2, 0) is 10.1 Å². The minimum atomic E-state index is -4.77. The summed E-state index contributed by atoms with van der Waals surface area (Å²) in [6.07, 6.45) is 0. The number of H-pyrrole nitrogens is 1. The summed E-state index contributed by atoms with van der Waals surface area (Å²) < 4.78 is 35.5. The minimum Gasteiger partial charge on any atom is -0.744 e. The van der Waals surface area contributed by atoms with E-state index in [0.717, 1.165) is 6.07 Å². The number of nitrogens with zero attached hydrogens (tertiary/aromatic N) is 3. The van der Waals surface area contributed by atoms with E-state index in [-0.39, 0.29) is 10.3 Å². The summed E-state index contributed by atoms with van der Waals surface area (Å²) in [6.45, 7) is 0. The van der Waals surface area contributed by atoms with Gasteiger partial charge in [0.1, 0.15) is 10.1 Å². The highest BCUT2D eigenvalue weighted by molar-refractivity contribution is 7.85. The lowest BCUT2D eigenvalue weighted by atomic mass is 10.2. The molecule has 25 heavy (non-hydrogen) atoms. The lowest BCUT2D eigenvalue weighted by molar-refractivity contribution is 0.102. The molecule has 0 saturated carbocycles. The molecule has 0 spiro atoms. The first-order valence-electron chi connectivity index (χ1n) is 6.83. The van der Waals surface area contributed by atoms with Crippen molar-refractivity contribution < 1.29 is 17.8 Å². The van der Waals surface area contributed by atoms with E-state index in [4.69, 9.17) is 12.2 Å². The third-order valence-electron chi connectivity index (χ3n) is 3.23. The van der Waals surface area contributed by atoms with Crippen molar-refractivity contribution in [3.63, 3.8) is 0 Å². The van der Waals surface area contributed by atoms with Crippen LogP contribution in [0.1, 0.15) is 10.4 Å². The Morgan fingerprint density at radius 2 is 1.96 bits per heavy atom. The number of nitrogens with one attached hydrogen (secondary N) is 2. The molecular weight excluding hydrogens is 366 g/mol. The van der Waals surface area contributed by atoms with Gasteiger partial charge >= 0.3 is 0 Å². The molecule has 2 aromatic carbocycles. The van der Waals surface area contributed by atoms with Crippen LogP contribution in [0.3, 0.4) is 0 Å². The lowest BCUT2D eigenvalue weighted by Crippen LogP contribution is -2.16. The predicted molar refractivity (Wildman–Crippen MR) is 88.9 cm³/mol. The highest BCUT2D eigenvalue weighted by atomic mass is 32.2. The van der Waals surface area contributed by atoms with Crippen LogP contribution in [0.4, 0.5) is 5.69 Å². The van der Waals surface area contributed by atoms with E-state index in [2.05, 4.69) is 20.8 Å². The van der Waals surface area contributed by atoms with Gasteiger partial charge in [-0.3, -0.25) is 4.79 Å². The van der Waals surface area contributed by atoms with Crippen LogP contribution in [0.5, 0.6) is 0 Å². The first kappa shape index (κ1) is 17.0. The SMILES string of the molecule is O=C(Nc1cccc(-n2[nH]nnc2=S)c1)c1ccccc1S(=O)(=O)[O-]. The molecule has 0 aliphatic rings. The van der Waals surface area contributed by atoms with Gasteiger partial charge in [0.2, 0.25) is 4.77 Å². The molecule has 0 unspecified atom stereocenters. The van der Waals surface area contributed by atoms with Crippen molar-refractivity contribution in [3.05, 3.63) is 58.9 Å². The molecule has 0 saturated heterocycles. The van der Waals surface area contributed by atoms with Crippen molar-refractivity contribution >= 4 is 33.9 Å². The van der Waals surface area contributed by atoms with E-state index in [1.165, 1.54) is 22.9 Å². The molecule has 9 nitrogen and oxygen atoms in total. The Kier molecular flexibility index (Phi) is 4.44. The number of rotatable bonds is 4. The van der Waals surface area contributed by atoms with Crippen LogP contribution < -0.4 is 5.32 Å². The molecule has 2 N–H and O–H groups in total. The molecule has 0 fully saturated rings. The number of aromatic amines is 1. The van der Waals surface area contributed by atoms with E-state index in [1.807, 2.05) is 0 Å². The van der Waals surface area contributed by atoms with Gasteiger partial charge in [-0.2, -0.15) is 5.21 Å². The average molecular weight is 376 g/mol. The van der Waals surface area contributed by atoms with Gasteiger partial charge < -0.3 is 9.87 Å². The lowest BCUT2D eigenvalue weighted by Gasteiger charge is -2.13. The molecule has 0 radical (unpaired) electrons. The van der Waals surface area contributed by atoms with Gasteiger partial charge in [0, 0.05) is 5.69 Å². The Labute approximate surface area is 147 Å². The average Bonchev–Trinajstić information content (AvgIpc) is 3.00. The molecule has 0 aliphatic carbocycles. The smallest absolute Gasteiger partial charge is 0.256 e. The summed E-state index contributed by atoms with van der Waals surface area (Å²) >= 11 is 5.00. The zero-order chi connectivity index (χ0) is 18.0. The zero-order valence-corrected chi connectivity index (χ0v) is 14.0. The number of amides is 1. The van der Waals surface area contributed by atoms with E-state index < -0.39 is 20.9 Å². The minimum absolute atomic E-state index is 0.200. The molecule has 1 heterocycles. The molecular formula is C14H10N5O4S2-. The molecule has 0 aliphatic heterocycles. The maximum absolute atomic E-state index is 12.4. The molecule has 0 bridgehead atoms. The summed E-state index contributed by atoms with van der Waals surface area (Å²) in [5, 5.41) is 12.4. The summed E-state index contributed by atoms with van der Waals surface area (Å²) in [5.41, 5.74) is 0.706. The summed E-state index contributed by atoms with van der Waals surface area (Å²) in [5.74, 6) is -0.724. The monoisotopic (exact) mass is 376 g/mol. The van der Waals surface area contributed by atoms with Gasteiger partial charge in [-0.15, -0.1) is 0 Å². The van der Waals surface area contributed by atoms with Crippen molar-refractivity contribution in [1.82, 2.24) is 20.2 Å². The Bertz CT molecular complexity index is 1100. The fourth-order valence-electron chi connectivity index (χ4n) is 2.16. The third-order valence-corrected chi connectivity index (χ3v) is 4.39. The van der Waals surface area contributed by atoms with Gasteiger partial charge in [0.25, 0.3) is 5.91 Å². The van der Waals surface area contributed by atoms with E-state index in [0.29, 0.717) is 11.4 Å². The first-order valence-corrected chi connectivity index (χ1v) is 8.65. The quantitative estimate of drug-likeness (QED) is 0.520. The standard InChI is InChI=1S/C14H11N5O4S2/c20-13(11-6-1-2-7-12(11)25(21,22)23)15-9-4-3-5-10(8-9)19-14(24)16-17-18-19/h1-8H,(H,15,20)(H,16,18,24)(H,21,22,23)/p-1. The second kappa shape index (κ2) is 6.55. The van der Waals surface area contributed by atoms with Crippen molar-refractivity contribution in [1.29, 1.82) is 0 Å². The molecule has 1 aromatic heterocycles. The Morgan fingerprint density at radius 3 is 2.64 bits per heavy atom. The zero-order valence-electron chi connectivity index (χ0n) is 12.4. The first-order chi connectivity index (χ1) is 11.9. The fourth-order valence-corrected chi connectivity index (χ4v) is 3.02. The number of tetrazole rings is 1. The van der Waals surface area contributed by atoms with E-state index in [1.54, 1.807) is 24.3 Å². The second-order valence-corrected chi connectivity index (χ2v) is 6.59. The maximum Gasteiger partial charge on any atom is 0.256 e. The molecule has 1 amide bonds. The highest BCUT2D eigenvalue weighted by Crippen LogP contribution is 2.19. The molecule has 128 valence electrons. The van der Waals surface area contributed by atoms with Crippen LogP contribution in [-0.4, -0.2) is 39.1 Å². The van der Waals surface area contributed by atoms with Crippen molar-refractivity contribution in [3.8, 4) is 5.69 Å². The van der Waals surface area contributed by atoms with Gasteiger partial charge in [0.15, 0.2) is 0 Å². The van der Waals surface area contributed by atoms with Crippen molar-refractivity contribution in [2.75, 3.05) is 5.32 Å². The second-order valence-electron chi connectivity index (χ2n) is 4.87. The Balaban J connectivity index is 1.93. The molecule has 0 atom stereocenters. The van der Waals surface area contributed by atoms with Gasteiger partial charge in [-0.25, -0.2) is 13.1 Å². The number of benzene rings is 2. The van der Waals surface area contributed by atoms with Crippen LogP contribution in [0, 0.1) is 4.77 Å². The van der Waals surface area contributed by atoms with Gasteiger partial charge in [-0.1, -0.05) is 28.5 Å². The topological polar surface area (TPSA) is 133 Å². The number of hydrogen-bond donors (Lipinski definition) is 2. The Morgan fingerprint density at radius 1 is 1.20 bits per heavy atom. The number of aromatic nitrogens is 4. The van der Waals surface area contributed by atoms with Crippen molar-refractivity contribution in [2.45, 2.75) is 4.90 Å². The summed E-state index contributed by atoms with van der Waals surface area (Å²) in [7, 11) is -4.77. The number of carbonyl (C=O) groups excluding carboxylic acids is 1. The van der Waals surface area contributed by atoms with Crippen molar-refractivity contribution in [2.24, 2.45) is 0 Å². The molecule has 11 heteroatoms.